The van der Waals surface area contributed by atoms with E-state index in [-0.39, 0.29) is 17.9 Å². The molecule has 2 aliphatic rings. The number of hydrogen-bond acceptors (Lipinski definition) is 5. The van der Waals surface area contributed by atoms with Crippen LogP contribution in [0.5, 0.6) is 5.75 Å². The summed E-state index contributed by atoms with van der Waals surface area (Å²) in [6, 6.07) is 20.4. The predicted molar refractivity (Wildman–Crippen MR) is 124 cm³/mol. The number of nitriles is 1. The Balaban J connectivity index is 1.88. The first-order chi connectivity index (χ1) is 15.8. The van der Waals surface area contributed by atoms with Gasteiger partial charge in [0, 0.05) is 22.7 Å². The summed E-state index contributed by atoms with van der Waals surface area (Å²) in [5.74, 6) is -3.27. The van der Waals surface area contributed by atoms with Crippen LogP contribution in [-0.2, 0) is 16.0 Å². The first-order valence-electron chi connectivity index (χ1n) is 10.3. The molecular weight excluding hydrogens is 508 g/mol. The molecule has 0 bridgehead atoms. The van der Waals surface area contributed by atoms with E-state index < -0.39 is 34.9 Å². The molecule has 3 aromatic rings. The Morgan fingerprint density at radius 1 is 1.21 bits per heavy atom. The van der Waals surface area contributed by atoms with E-state index >= 15 is 0 Å². The highest BCUT2D eigenvalue weighted by Gasteiger charge is 2.77. The van der Waals surface area contributed by atoms with Gasteiger partial charge in [0.1, 0.15) is 11.4 Å². The minimum Gasteiger partial charge on any atom is -0.481 e. The number of aliphatic carboxylic acids is 1. The predicted octanol–water partition coefficient (Wildman–Crippen LogP) is 5.00. The Bertz CT molecular complexity index is 1280. The van der Waals surface area contributed by atoms with Gasteiger partial charge in [-0.1, -0.05) is 70.0 Å². The van der Waals surface area contributed by atoms with Gasteiger partial charge in [0.25, 0.3) is 0 Å². The number of nitrogens with zero attached hydrogens (tertiary/aromatic N) is 2. The zero-order valence-corrected chi connectivity index (χ0v) is 19.5. The van der Waals surface area contributed by atoms with Crippen LogP contribution in [0, 0.1) is 23.2 Å². The highest BCUT2D eigenvalue weighted by Crippen LogP contribution is 2.70. The second-order valence-electron chi connectivity index (χ2n) is 8.37. The summed E-state index contributed by atoms with van der Waals surface area (Å²) in [5.41, 5.74) is -1.83. The van der Waals surface area contributed by atoms with Crippen LogP contribution in [0.15, 0.2) is 71.3 Å². The van der Waals surface area contributed by atoms with Crippen LogP contribution < -0.4 is 4.74 Å². The van der Waals surface area contributed by atoms with Crippen LogP contribution in [0.4, 0.5) is 0 Å². The van der Waals surface area contributed by atoms with Crippen molar-refractivity contribution < 1.29 is 19.7 Å². The summed E-state index contributed by atoms with van der Waals surface area (Å²) in [6.07, 6.45) is 1.08. The van der Waals surface area contributed by atoms with E-state index in [9.17, 15) is 20.3 Å². The second-order valence-corrected chi connectivity index (χ2v) is 9.72. The van der Waals surface area contributed by atoms with Gasteiger partial charge < -0.3 is 14.9 Å². The van der Waals surface area contributed by atoms with Crippen molar-refractivity contribution in [2.75, 3.05) is 0 Å². The highest BCUT2D eigenvalue weighted by atomic mass is 79.9. The number of aliphatic hydroxyl groups is 1. The number of rotatable bonds is 4. The minimum absolute atomic E-state index is 0.190. The Kier molecular flexibility index (Phi) is 5.20. The Labute approximate surface area is 203 Å². The molecule has 33 heavy (non-hydrogen) atoms. The molecule has 0 spiro atoms. The standard InChI is InChI=1S/C25H18BrClN2O4/c26-16-8-6-15(7-9-16)25-22(14-4-2-1-3-5-14)18(11-21(30)31)19(12-28)24(25,32)23-20(33-25)10-17(27)13-29-23/h1-10,13,18-19,22,32H,11H2,(H,30,31)/t18-,19-,22+,24+,25-/m0/s1. The van der Waals surface area contributed by atoms with Crippen LogP contribution >= 0.6 is 27.5 Å². The monoisotopic (exact) mass is 524 g/mol. The van der Waals surface area contributed by atoms with E-state index in [1.807, 2.05) is 54.6 Å². The number of aromatic nitrogens is 1. The van der Waals surface area contributed by atoms with E-state index in [1.165, 1.54) is 6.20 Å². The molecule has 0 saturated heterocycles. The average Bonchev–Trinajstić information content (AvgIpc) is 3.15. The van der Waals surface area contributed by atoms with Crippen molar-refractivity contribution in [3.8, 4) is 11.8 Å². The van der Waals surface area contributed by atoms with Crippen molar-refractivity contribution in [1.29, 1.82) is 5.26 Å². The molecule has 1 aliphatic heterocycles. The molecule has 6 nitrogen and oxygen atoms in total. The number of pyridine rings is 1. The molecule has 1 aliphatic carbocycles. The summed E-state index contributed by atoms with van der Waals surface area (Å²) in [6.45, 7) is 0. The lowest BCUT2D eigenvalue weighted by molar-refractivity contribution is -0.138. The van der Waals surface area contributed by atoms with Crippen LogP contribution in [0.25, 0.3) is 0 Å². The number of benzene rings is 2. The molecule has 5 rings (SSSR count). The van der Waals surface area contributed by atoms with E-state index in [4.69, 9.17) is 16.3 Å². The van der Waals surface area contributed by atoms with Crippen molar-refractivity contribution in [2.45, 2.75) is 23.5 Å². The fourth-order valence-corrected chi connectivity index (χ4v) is 6.03. The van der Waals surface area contributed by atoms with Gasteiger partial charge in [-0.2, -0.15) is 5.26 Å². The van der Waals surface area contributed by atoms with Crippen molar-refractivity contribution in [3.63, 3.8) is 0 Å². The van der Waals surface area contributed by atoms with Gasteiger partial charge >= 0.3 is 5.97 Å². The Morgan fingerprint density at radius 3 is 2.55 bits per heavy atom. The van der Waals surface area contributed by atoms with Crippen molar-refractivity contribution in [2.24, 2.45) is 11.8 Å². The number of fused-ring (bicyclic) bond motifs is 3. The van der Waals surface area contributed by atoms with Crippen LogP contribution in [0.1, 0.15) is 29.2 Å². The van der Waals surface area contributed by atoms with Crippen LogP contribution in [0.3, 0.4) is 0 Å². The van der Waals surface area contributed by atoms with Crippen molar-refractivity contribution >= 4 is 33.5 Å². The third-order valence-corrected chi connectivity index (χ3v) is 7.48. The minimum atomic E-state index is -1.91. The number of halogens is 2. The lowest BCUT2D eigenvalue weighted by Gasteiger charge is -2.40. The fraction of sp³-hybridized carbons (Fsp3) is 0.240. The van der Waals surface area contributed by atoms with E-state index in [1.54, 1.807) is 6.07 Å². The molecule has 1 saturated carbocycles. The van der Waals surface area contributed by atoms with Crippen molar-refractivity contribution in [1.82, 2.24) is 4.98 Å². The highest BCUT2D eigenvalue weighted by molar-refractivity contribution is 9.10. The molecule has 8 heteroatoms. The Hall–Kier alpha value is -2.92. The topological polar surface area (TPSA) is 103 Å². The maximum Gasteiger partial charge on any atom is 0.303 e. The molecule has 0 amide bonds. The van der Waals surface area contributed by atoms with E-state index in [2.05, 4.69) is 27.0 Å². The summed E-state index contributed by atoms with van der Waals surface area (Å²) < 4.78 is 7.41. The fourth-order valence-electron chi connectivity index (χ4n) is 5.62. The zero-order chi connectivity index (χ0) is 23.4. The molecule has 0 radical (unpaired) electrons. The normalized spacial score (nSPS) is 29.6. The SMILES string of the molecule is N#C[C@H]1[C@H](CC(=O)O)[C@@H](c2ccccc2)[C@]2(c3ccc(Br)cc3)Oc3cc(Cl)cnc3[C@]12O. The molecule has 0 unspecified atom stereocenters. The molecule has 2 aromatic carbocycles. The van der Waals surface area contributed by atoms with Gasteiger partial charge in [0.15, 0.2) is 11.2 Å². The summed E-state index contributed by atoms with van der Waals surface area (Å²) in [4.78, 5) is 16.3. The maximum atomic E-state index is 12.5. The van der Waals surface area contributed by atoms with Crippen LogP contribution in [-0.4, -0.2) is 21.2 Å². The third kappa shape index (κ3) is 3.02. The summed E-state index contributed by atoms with van der Waals surface area (Å²) in [7, 11) is 0. The molecule has 1 fully saturated rings. The summed E-state index contributed by atoms with van der Waals surface area (Å²) >= 11 is 9.63. The average molecular weight is 526 g/mol. The number of hydrogen-bond donors (Lipinski definition) is 2. The van der Waals surface area contributed by atoms with Crippen molar-refractivity contribution in [3.05, 3.63) is 93.2 Å². The van der Waals surface area contributed by atoms with Gasteiger partial charge in [-0.25, -0.2) is 0 Å². The quantitative estimate of drug-likeness (QED) is 0.497. The lowest BCUT2D eigenvalue weighted by atomic mass is 9.71. The molecule has 2 heterocycles. The smallest absolute Gasteiger partial charge is 0.303 e. The zero-order valence-electron chi connectivity index (χ0n) is 17.2. The summed E-state index contributed by atoms with van der Waals surface area (Å²) in [5, 5.41) is 32.8. The molecule has 5 atom stereocenters. The van der Waals surface area contributed by atoms with Gasteiger partial charge in [0.05, 0.1) is 23.4 Å². The van der Waals surface area contributed by atoms with Crippen LogP contribution in [0.2, 0.25) is 5.02 Å². The van der Waals surface area contributed by atoms with E-state index in [0.717, 1.165) is 10.0 Å². The largest absolute Gasteiger partial charge is 0.481 e. The molecular formula is C25H18BrClN2O4. The van der Waals surface area contributed by atoms with Gasteiger partial charge in [-0.3, -0.25) is 9.78 Å². The first kappa shape index (κ1) is 21.9. The number of carbonyl (C=O) groups is 1. The second kappa shape index (κ2) is 7.84. The molecule has 1 aromatic heterocycles. The molecule has 166 valence electrons. The molecule has 2 N–H and O–H groups in total. The Morgan fingerprint density at radius 2 is 1.91 bits per heavy atom. The van der Waals surface area contributed by atoms with Gasteiger partial charge in [-0.15, -0.1) is 0 Å². The number of ether oxygens (including phenoxy) is 1. The van der Waals surface area contributed by atoms with Gasteiger partial charge in [0.2, 0.25) is 0 Å². The first-order valence-corrected chi connectivity index (χ1v) is 11.5. The maximum absolute atomic E-state index is 12.5. The van der Waals surface area contributed by atoms with E-state index in [0.29, 0.717) is 10.6 Å². The van der Waals surface area contributed by atoms with Gasteiger partial charge in [-0.05, 0) is 29.2 Å². The number of carboxylic acid groups (broad SMARTS) is 1. The third-order valence-electron chi connectivity index (χ3n) is 6.74. The lowest BCUT2D eigenvalue weighted by Crippen LogP contribution is -2.50. The number of carboxylic acids is 1.